The molecule has 2 amide bonds. The summed E-state index contributed by atoms with van der Waals surface area (Å²) in [4.78, 5) is 26.6. The van der Waals surface area contributed by atoms with Crippen molar-refractivity contribution in [2.75, 3.05) is 25.2 Å². The largest absolute Gasteiger partial charge is 0.496 e. The normalized spacial score (nSPS) is 16.3. The number of nitrogens with zero attached hydrogens (tertiary/aromatic N) is 1. The summed E-state index contributed by atoms with van der Waals surface area (Å²) in [6, 6.07) is 14.9. The Kier molecular flexibility index (Phi) is 5.96. The lowest BCUT2D eigenvalue weighted by Gasteiger charge is -2.17. The fraction of sp³-hybridized carbons (Fsp3) is 0.333. The average molecular weight is 368 g/mol. The van der Waals surface area contributed by atoms with Gasteiger partial charge in [-0.3, -0.25) is 9.59 Å². The predicted molar refractivity (Wildman–Crippen MR) is 103 cm³/mol. The highest BCUT2D eigenvalue weighted by atomic mass is 16.5. The first-order chi connectivity index (χ1) is 13.1. The zero-order valence-electron chi connectivity index (χ0n) is 15.6. The molecule has 3 rings (SSSR count). The number of benzene rings is 2. The van der Waals surface area contributed by atoms with Crippen LogP contribution >= 0.6 is 0 Å². The highest BCUT2D eigenvalue weighted by Gasteiger charge is 2.35. The molecule has 1 fully saturated rings. The summed E-state index contributed by atoms with van der Waals surface area (Å²) in [5.74, 6) is 0.966. The van der Waals surface area contributed by atoms with Crippen LogP contribution in [0, 0.1) is 5.92 Å². The Bertz CT molecular complexity index is 804. The highest BCUT2D eigenvalue weighted by Crippen LogP contribution is 2.27. The lowest BCUT2D eigenvalue weighted by Crippen LogP contribution is -2.32. The molecular formula is C21H24N2O4. The first-order valence-electron chi connectivity index (χ1n) is 9.05. The number of amides is 2. The van der Waals surface area contributed by atoms with Crippen molar-refractivity contribution in [1.29, 1.82) is 0 Å². The molecule has 1 heterocycles. The van der Waals surface area contributed by atoms with Gasteiger partial charge in [-0.1, -0.05) is 18.2 Å². The molecule has 2 aromatic carbocycles. The lowest BCUT2D eigenvalue weighted by atomic mass is 10.1. The second-order valence-corrected chi connectivity index (χ2v) is 6.36. The number of hydrogen-bond acceptors (Lipinski definition) is 4. The second kappa shape index (κ2) is 8.58. The molecule has 1 saturated heterocycles. The van der Waals surface area contributed by atoms with Crippen molar-refractivity contribution < 1.29 is 19.1 Å². The van der Waals surface area contributed by atoms with Gasteiger partial charge in [0.1, 0.15) is 11.5 Å². The molecule has 6 nitrogen and oxygen atoms in total. The van der Waals surface area contributed by atoms with Crippen LogP contribution < -0.4 is 19.7 Å². The van der Waals surface area contributed by atoms with Crippen molar-refractivity contribution in [2.45, 2.75) is 19.9 Å². The molecule has 1 aliphatic heterocycles. The van der Waals surface area contributed by atoms with Crippen LogP contribution in [-0.2, 0) is 16.1 Å². The molecule has 2 aromatic rings. The predicted octanol–water partition coefficient (Wildman–Crippen LogP) is 2.76. The molecule has 0 radical (unpaired) electrons. The molecule has 0 saturated carbocycles. The molecular weight excluding hydrogens is 344 g/mol. The first kappa shape index (κ1) is 18.8. The topological polar surface area (TPSA) is 67.9 Å². The van der Waals surface area contributed by atoms with Crippen molar-refractivity contribution >= 4 is 17.5 Å². The smallest absolute Gasteiger partial charge is 0.227 e. The number of hydrogen-bond donors (Lipinski definition) is 1. The first-order valence-corrected chi connectivity index (χ1v) is 9.05. The van der Waals surface area contributed by atoms with E-state index in [9.17, 15) is 9.59 Å². The van der Waals surface area contributed by atoms with Gasteiger partial charge in [0.15, 0.2) is 0 Å². The third-order valence-electron chi connectivity index (χ3n) is 4.60. The molecule has 6 heteroatoms. The van der Waals surface area contributed by atoms with Gasteiger partial charge in [0.05, 0.1) is 19.6 Å². The van der Waals surface area contributed by atoms with Crippen LogP contribution in [0.25, 0.3) is 0 Å². The SMILES string of the molecule is CCOc1ccc(N2C[C@@H](C(=O)NCc3ccccc3OC)CC2=O)cc1. The minimum atomic E-state index is -0.362. The zero-order valence-corrected chi connectivity index (χ0v) is 15.6. The third kappa shape index (κ3) is 4.39. The molecule has 1 atom stereocenters. The Morgan fingerprint density at radius 1 is 1.19 bits per heavy atom. The lowest BCUT2D eigenvalue weighted by molar-refractivity contribution is -0.126. The quantitative estimate of drug-likeness (QED) is 0.816. The Morgan fingerprint density at radius 2 is 1.93 bits per heavy atom. The molecule has 1 N–H and O–H groups in total. The molecule has 0 aromatic heterocycles. The van der Waals surface area contributed by atoms with Gasteiger partial charge in [-0.25, -0.2) is 0 Å². The van der Waals surface area contributed by atoms with E-state index in [2.05, 4.69) is 5.32 Å². The Morgan fingerprint density at radius 3 is 2.63 bits per heavy atom. The zero-order chi connectivity index (χ0) is 19.2. The van der Waals surface area contributed by atoms with Gasteiger partial charge in [0.2, 0.25) is 11.8 Å². The fourth-order valence-electron chi connectivity index (χ4n) is 3.20. The number of carbonyl (C=O) groups excluding carboxylic acids is 2. The van der Waals surface area contributed by atoms with Gasteiger partial charge in [-0.2, -0.15) is 0 Å². The molecule has 0 bridgehead atoms. The number of carbonyl (C=O) groups is 2. The van der Waals surface area contributed by atoms with Crippen molar-refractivity contribution in [3.63, 3.8) is 0 Å². The van der Waals surface area contributed by atoms with Crippen LogP contribution in [0.1, 0.15) is 18.9 Å². The summed E-state index contributed by atoms with van der Waals surface area (Å²) in [6.07, 6.45) is 0.213. The summed E-state index contributed by atoms with van der Waals surface area (Å²) < 4.78 is 10.7. The number of ether oxygens (including phenoxy) is 2. The van der Waals surface area contributed by atoms with Crippen molar-refractivity contribution in [2.24, 2.45) is 5.92 Å². The number of para-hydroxylation sites is 1. The van der Waals surface area contributed by atoms with Gasteiger partial charge >= 0.3 is 0 Å². The van der Waals surface area contributed by atoms with Crippen LogP contribution in [-0.4, -0.2) is 32.1 Å². The second-order valence-electron chi connectivity index (χ2n) is 6.36. The Labute approximate surface area is 159 Å². The van der Waals surface area contributed by atoms with Gasteiger partial charge in [0.25, 0.3) is 0 Å². The summed E-state index contributed by atoms with van der Waals surface area (Å²) in [5.41, 5.74) is 1.68. The maximum absolute atomic E-state index is 12.5. The average Bonchev–Trinajstić information content (AvgIpc) is 3.09. The van der Waals surface area contributed by atoms with Gasteiger partial charge in [0, 0.05) is 30.8 Å². The van der Waals surface area contributed by atoms with E-state index in [4.69, 9.17) is 9.47 Å². The van der Waals surface area contributed by atoms with E-state index in [1.165, 1.54) is 0 Å². The van der Waals surface area contributed by atoms with Crippen LogP contribution in [0.2, 0.25) is 0 Å². The monoisotopic (exact) mass is 368 g/mol. The van der Waals surface area contributed by atoms with Crippen molar-refractivity contribution in [1.82, 2.24) is 5.32 Å². The molecule has 0 spiro atoms. The number of rotatable bonds is 7. The van der Waals surface area contributed by atoms with E-state index in [1.54, 1.807) is 12.0 Å². The van der Waals surface area contributed by atoms with Gasteiger partial charge < -0.3 is 19.7 Å². The summed E-state index contributed by atoms with van der Waals surface area (Å²) in [7, 11) is 1.60. The molecule has 27 heavy (non-hydrogen) atoms. The Hall–Kier alpha value is -3.02. The van der Waals surface area contributed by atoms with E-state index < -0.39 is 0 Å². The summed E-state index contributed by atoms with van der Waals surface area (Å²) in [6.45, 7) is 3.27. The maximum Gasteiger partial charge on any atom is 0.227 e. The molecule has 1 aliphatic rings. The molecule has 0 unspecified atom stereocenters. The van der Waals surface area contributed by atoms with Crippen LogP contribution in [0.4, 0.5) is 5.69 Å². The van der Waals surface area contributed by atoms with E-state index in [0.29, 0.717) is 19.7 Å². The van der Waals surface area contributed by atoms with Crippen molar-refractivity contribution in [3.05, 3.63) is 54.1 Å². The maximum atomic E-state index is 12.5. The minimum absolute atomic E-state index is 0.0448. The van der Waals surface area contributed by atoms with Crippen LogP contribution in [0.3, 0.4) is 0 Å². The van der Waals surface area contributed by atoms with Crippen LogP contribution in [0.5, 0.6) is 11.5 Å². The number of methoxy groups -OCH3 is 1. The van der Waals surface area contributed by atoms with E-state index in [0.717, 1.165) is 22.7 Å². The summed E-state index contributed by atoms with van der Waals surface area (Å²) >= 11 is 0. The minimum Gasteiger partial charge on any atom is -0.496 e. The summed E-state index contributed by atoms with van der Waals surface area (Å²) in [5, 5.41) is 2.92. The van der Waals surface area contributed by atoms with Crippen LogP contribution in [0.15, 0.2) is 48.5 Å². The van der Waals surface area contributed by atoms with E-state index >= 15 is 0 Å². The third-order valence-corrected chi connectivity index (χ3v) is 4.60. The fourth-order valence-corrected chi connectivity index (χ4v) is 3.20. The van der Waals surface area contributed by atoms with Gasteiger partial charge in [-0.05, 0) is 37.3 Å². The standard InChI is InChI=1S/C21H24N2O4/c1-3-27-18-10-8-17(9-11-18)23-14-16(12-20(23)24)21(25)22-13-15-6-4-5-7-19(15)26-2/h4-11,16H,3,12-14H2,1-2H3,(H,22,25)/t16-/m0/s1. The van der Waals surface area contributed by atoms with E-state index in [-0.39, 0.29) is 24.2 Å². The van der Waals surface area contributed by atoms with Crippen molar-refractivity contribution in [3.8, 4) is 11.5 Å². The molecule has 142 valence electrons. The van der Waals surface area contributed by atoms with Gasteiger partial charge in [-0.15, -0.1) is 0 Å². The highest BCUT2D eigenvalue weighted by molar-refractivity contribution is 6.00. The number of nitrogens with one attached hydrogen (secondary N) is 1. The van der Waals surface area contributed by atoms with E-state index in [1.807, 2.05) is 55.5 Å². The molecule has 0 aliphatic carbocycles. The number of anilines is 1. The Balaban J connectivity index is 1.60.